The van der Waals surface area contributed by atoms with E-state index < -0.39 is 0 Å². The van der Waals surface area contributed by atoms with Crippen LogP contribution in [0.4, 0.5) is 5.95 Å². The topological polar surface area (TPSA) is 115 Å². The van der Waals surface area contributed by atoms with Gasteiger partial charge < -0.3 is 25.0 Å². The Hall–Kier alpha value is -4.54. The highest BCUT2D eigenvalue weighted by Crippen LogP contribution is 2.35. The summed E-state index contributed by atoms with van der Waals surface area (Å²) in [5.41, 5.74) is 3.06. The Kier molecular flexibility index (Phi) is 7.96. The molecule has 3 aromatic carbocycles. The number of benzene rings is 3. The number of carbonyl (C=O) groups is 2. The van der Waals surface area contributed by atoms with Crippen molar-refractivity contribution in [1.29, 1.82) is 0 Å². The van der Waals surface area contributed by atoms with Crippen LogP contribution < -0.4 is 25.7 Å². The van der Waals surface area contributed by atoms with Crippen molar-refractivity contribution in [3.8, 4) is 17.2 Å². The quantitative estimate of drug-likeness (QED) is 0.293. The number of halogens is 2. The number of carbonyl (C=O) groups excluding carboxylic acids is 2. The number of hydrogen-bond donors (Lipinski definition) is 2. The minimum atomic E-state index is -0.290. The molecular formula is C32H29Cl2N5O5. The van der Waals surface area contributed by atoms with Crippen molar-refractivity contribution < 1.29 is 19.1 Å². The van der Waals surface area contributed by atoms with Crippen molar-refractivity contribution in [2.75, 3.05) is 19.2 Å². The van der Waals surface area contributed by atoms with E-state index in [-0.39, 0.29) is 47.8 Å². The van der Waals surface area contributed by atoms with Gasteiger partial charge in [-0.2, -0.15) is 0 Å². The smallest absolute Gasteiger partial charge is 0.263 e. The fourth-order valence-electron chi connectivity index (χ4n) is 5.43. The van der Waals surface area contributed by atoms with Gasteiger partial charge in [-0.1, -0.05) is 29.3 Å². The third-order valence-electron chi connectivity index (χ3n) is 7.90. The summed E-state index contributed by atoms with van der Waals surface area (Å²) in [6.07, 6.45) is 0.308. The third kappa shape index (κ3) is 5.46. The second kappa shape index (κ2) is 11.9. The van der Waals surface area contributed by atoms with Crippen LogP contribution in [-0.4, -0.2) is 46.1 Å². The van der Waals surface area contributed by atoms with Gasteiger partial charge in [0, 0.05) is 29.8 Å². The highest BCUT2D eigenvalue weighted by molar-refractivity contribution is 6.42. The predicted octanol–water partition coefficient (Wildman–Crippen LogP) is 5.39. The summed E-state index contributed by atoms with van der Waals surface area (Å²) in [5, 5.41) is 6.65. The molecule has 6 rings (SSSR count). The molecule has 2 atom stereocenters. The monoisotopic (exact) mass is 633 g/mol. The molecule has 0 spiro atoms. The van der Waals surface area contributed by atoms with Gasteiger partial charge in [0.15, 0.2) is 11.5 Å². The highest BCUT2D eigenvalue weighted by Gasteiger charge is 2.32. The number of nitrogens with one attached hydrogen (secondary N) is 2. The number of nitrogens with zero attached hydrogens (tertiary/aromatic N) is 3. The van der Waals surface area contributed by atoms with Crippen LogP contribution in [-0.2, 0) is 13.0 Å². The molecule has 0 bridgehead atoms. The summed E-state index contributed by atoms with van der Waals surface area (Å²) in [6, 6.07) is 16.6. The summed E-state index contributed by atoms with van der Waals surface area (Å²) in [5.74, 6) is 1.13. The van der Waals surface area contributed by atoms with E-state index in [1.807, 2.05) is 32.0 Å². The number of amides is 2. The van der Waals surface area contributed by atoms with Gasteiger partial charge in [0.2, 0.25) is 12.7 Å². The van der Waals surface area contributed by atoms with Crippen LogP contribution in [0.15, 0.2) is 65.5 Å². The maximum Gasteiger partial charge on any atom is 0.263 e. The second-order valence-electron chi connectivity index (χ2n) is 10.7. The number of ether oxygens (including phenoxy) is 2. The van der Waals surface area contributed by atoms with Gasteiger partial charge in [-0.3, -0.25) is 14.4 Å². The van der Waals surface area contributed by atoms with Crippen molar-refractivity contribution in [1.82, 2.24) is 19.8 Å². The maximum absolute atomic E-state index is 14.2. The summed E-state index contributed by atoms with van der Waals surface area (Å²) < 4.78 is 12.5. The fraction of sp³-hybridized carbons (Fsp3) is 0.250. The van der Waals surface area contributed by atoms with Crippen molar-refractivity contribution in [2.24, 2.45) is 0 Å². The molecule has 2 aliphatic heterocycles. The van der Waals surface area contributed by atoms with Gasteiger partial charge >= 0.3 is 0 Å². The number of fused-ring (bicyclic) bond motifs is 2. The van der Waals surface area contributed by atoms with Crippen LogP contribution in [0.3, 0.4) is 0 Å². The molecule has 2 aliphatic rings. The Balaban J connectivity index is 1.40. The van der Waals surface area contributed by atoms with E-state index >= 15 is 0 Å². The molecule has 12 heteroatoms. The average molecular weight is 635 g/mol. The van der Waals surface area contributed by atoms with Crippen molar-refractivity contribution >= 4 is 41.0 Å². The van der Waals surface area contributed by atoms with Gasteiger partial charge in [-0.15, -0.1) is 0 Å². The van der Waals surface area contributed by atoms with E-state index in [9.17, 15) is 14.4 Å². The third-order valence-corrected chi connectivity index (χ3v) is 8.64. The molecule has 3 heterocycles. The highest BCUT2D eigenvalue weighted by atomic mass is 35.5. The summed E-state index contributed by atoms with van der Waals surface area (Å²) in [7, 11) is 1.56. The first-order valence-corrected chi connectivity index (χ1v) is 14.8. The SMILES string of the molecule is CNC(=O)c1ccc(-n2c(N[C@H](C)c3ccc4c(c3)OCO4)nc3c(c2=O)C[C@@H](C)N(C(=O)c2ccc(Cl)c(Cl)c2)C3)cc1. The standard InChI is InChI=1S/C32H29Cl2N5O5/c1-17-12-23-26(15-38(17)30(41)21-6-10-24(33)25(34)13-21)37-32(36-18(2)20-7-11-27-28(14-20)44-16-43-27)39(31(23)42)22-8-4-19(5-9-22)29(40)35-3/h4-11,13-14,17-18H,12,15-16H2,1-3H3,(H,35,40)(H,36,37)/t17-,18-/m1/s1. The summed E-state index contributed by atoms with van der Waals surface area (Å²) in [6.45, 7) is 4.14. The minimum Gasteiger partial charge on any atom is -0.454 e. The number of rotatable bonds is 6. The molecule has 0 aliphatic carbocycles. The molecule has 0 unspecified atom stereocenters. The Morgan fingerprint density at radius 1 is 0.977 bits per heavy atom. The summed E-state index contributed by atoms with van der Waals surface area (Å²) >= 11 is 12.3. The Bertz CT molecular complexity index is 1840. The lowest BCUT2D eigenvalue weighted by atomic mass is 9.98. The first-order valence-electron chi connectivity index (χ1n) is 14.0. The average Bonchev–Trinajstić information content (AvgIpc) is 3.50. The number of anilines is 1. The molecule has 2 amide bonds. The van der Waals surface area contributed by atoms with Crippen molar-refractivity contribution in [2.45, 2.75) is 38.9 Å². The Morgan fingerprint density at radius 2 is 1.70 bits per heavy atom. The lowest BCUT2D eigenvalue weighted by molar-refractivity contribution is 0.0653. The predicted molar refractivity (Wildman–Crippen MR) is 167 cm³/mol. The molecule has 44 heavy (non-hydrogen) atoms. The van der Waals surface area contributed by atoms with Crippen LogP contribution in [0.5, 0.6) is 11.5 Å². The molecule has 226 valence electrons. The van der Waals surface area contributed by atoms with Crippen LogP contribution in [0, 0.1) is 0 Å². The first-order chi connectivity index (χ1) is 21.1. The molecule has 1 aromatic heterocycles. The van der Waals surface area contributed by atoms with Gasteiger partial charge in [-0.25, -0.2) is 9.55 Å². The fourth-order valence-corrected chi connectivity index (χ4v) is 5.73. The minimum absolute atomic E-state index is 0.133. The van der Waals surface area contributed by atoms with Crippen LogP contribution in [0.1, 0.15) is 57.4 Å². The molecule has 10 nitrogen and oxygen atoms in total. The molecule has 0 fully saturated rings. The zero-order valence-electron chi connectivity index (χ0n) is 24.2. The van der Waals surface area contributed by atoms with Gasteiger partial charge in [0.1, 0.15) is 0 Å². The van der Waals surface area contributed by atoms with E-state index in [0.717, 1.165) is 5.56 Å². The van der Waals surface area contributed by atoms with Gasteiger partial charge in [0.05, 0.1) is 34.0 Å². The largest absolute Gasteiger partial charge is 0.454 e. The van der Waals surface area contributed by atoms with Gasteiger partial charge in [0.25, 0.3) is 17.4 Å². The van der Waals surface area contributed by atoms with E-state index in [1.54, 1.807) is 54.4 Å². The van der Waals surface area contributed by atoms with Crippen molar-refractivity contribution in [3.05, 3.63) is 109 Å². The lowest BCUT2D eigenvalue weighted by Gasteiger charge is -2.35. The van der Waals surface area contributed by atoms with Crippen LogP contribution in [0.25, 0.3) is 5.69 Å². The van der Waals surface area contributed by atoms with E-state index in [1.165, 1.54) is 4.57 Å². The number of aromatic nitrogens is 2. The molecule has 0 radical (unpaired) electrons. The molecule has 0 saturated carbocycles. The second-order valence-corrected chi connectivity index (χ2v) is 11.5. The summed E-state index contributed by atoms with van der Waals surface area (Å²) in [4.78, 5) is 46.5. The zero-order chi connectivity index (χ0) is 31.1. The Morgan fingerprint density at radius 3 is 2.43 bits per heavy atom. The maximum atomic E-state index is 14.2. The molecule has 0 saturated heterocycles. The van der Waals surface area contributed by atoms with E-state index in [4.69, 9.17) is 37.7 Å². The zero-order valence-corrected chi connectivity index (χ0v) is 25.7. The molecular weight excluding hydrogens is 605 g/mol. The normalized spacial score (nSPS) is 15.8. The van der Waals surface area contributed by atoms with Crippen LogP contribution >= 0.6 is 23.2 Å². The van der Waals surface area contributed by atoms with E-state index in [0.29, 0.717) is 57.0 Å². The number of hydrogen-bond acceptors (Lipinski definition) is 7. The van der Waals surface area contributed by atoms with Crippen molar-refractivity contribution in [3.63, 3.8) is 0 Å². The van der Waals surface area contributed by atoms with Crippen LogP contribution in [0.2, 0.25) is 10.0 Å². The molecule has 4 aromatic rings. The lowest BCUT2D eigenvalue weighted by Crippen LogP contribution is -2.46. The molecule has 2 N–H and O–H groups in total. The Labute approximate surface area is 263 Å². The van der Waals surface area contributed by atoms with E-state index in [2.05, 4.69) is 10.6 Å². The first kappa shape index (κ1) is 29.5. The van der Waals surface area contributed by atoms with Gasteiger partial charge in [-0.05, 0) is 80.4 Å².